The van der Waals surface area contributed by atoms with Gasteiger partial charge in [0.1, 0.15) is 5.75 Å². The number of ether oxygens (including phenoxy) is 1. The zero-order valence-corrected chi connectivity index (χ0v) is 10.8. The van der Waals surface area contributed by atoms with E-state index >= 15 is 0 Å². The zero-order chi connectivity index (χ0) is 10.4. The first kappa shape index (κ1) is 14.9. The summed E-state index contributed by atoms with van der Waals surface area (Å²) >= 11 is 7.79. The van der Waals surface area contributed by atoms with Gasteiger partial charge < -0.3 is 22.9 Å². The monoisotopic (exact) mass is 267 g/mol. The number of halogens is 2. The van der Waals surface area contributed by atoms with Crippen LogP contribution in [0.4, 0.5) is 0 Å². The fraction of sp³-hybridized carbons (Fsp3) is 0.400. The lowest BCUT2D eigenvalue weighted by Crippen LogP contribution is -3.00. The summed E-state index contributed by atoms with van der Waals surface area (Å²) in [6.07, 6.45) is 0. The van der Waals surface area contributed by atoms with Crippen LogP contribution in [-0.2, 0) is 5.75 Å². The van der Waals surface area contributed by atoms with Crippen molar-refractivity contribution in [1.82, 2.24) is 0 Å². The second-order valence-electron chi connectivity index (χ2n) is 2.81. The first-order valence-corrected chi connectivity index (χ1v) is 5.91. The molecule has 0 saturated heterocycles. The fourth-order valence-corrected chi connectivity index (χ4v) is 2.08. The predicted octanol–water partition coefficient (Wildman–Crippen LogP) is -0.343. The number of nitrogens with two attached hydrogens (primary N) is 1. The van der Waals surface area contributed by atoms with Crippen molar-refractivity contribution in [2.75, 3.05) is 19.4 Å². The van der Waals surface area contributed by atoms with Gasteiger partial charge in [-0.15, -0.1) is 0 Å². The molecule has 2 N–H and O–H groups in total. The molecule has 0 saturated carbocycles. The van der Waals surface area contributed by atoms with Gasteiger partial charge >= 0.3 is 1.43 Å². The summed E-state index contributed by atoms with van der Waals surface area (Å²) < 4.78 is 5.07. The average Bonchev–Trinajstić information content (AvgIpc) is 2.18. The second-order valence-corrected chi connectivity index (χ2v) is 4.32. The van der Waals surface area contributed by atoms with Gasteiger partial charge in [0.2, 0.25) is 0 Å². The molecule has 0 bridgehead atoms. The molecule has 2 nitrogen and oxygen atoms in total. The number of benzene rings is 1. The molecule has 1 aromatic rings. The molecule has 0 atom stereocenters. The summed E-state index contributed by atoms with van der Waals surface area (Å²) in [5.74, 6) is 2.64. The first-order valence-electron chi connectivity index (χ1n) is 4.38. The third kappa shape index (κ3) is 4.98. The molecule has 0 aliphatic rings. The molecule has 0 aliphatic heterocycles. The molecular formula is C10H15Cl2NOS. The maximum absolute atomic E-state index is 5.98. The molecule has 86 valence electrons. The van der Waals surface area contributed by atoms with E-state index in [9.17, 15) is 0 Å². The molecule has 0 heterocycles. The Hall–Kier alpha value is -0.0900. The number of methoxy groups -OCH3 is 1. The lowest BCUT2D eigenvalue weighted by atomic mass is 10.2. The summed E-state index contributed by atoms with van der Waals surface area (Å²) in [7, 11) is 1.62. The quantitative estimate of drug-likeness (QED) is 0.742. The van der Waals surface area contributed by atoms with Crippen molar-refractivity contribution in [1.29, 1.82) is 0 Å². The van der Waals surface area contributed by atoms with Crippen LogP contribution in [-0.4, -0.2) is 19.4 Å². The number of hydrogen-bond acceptors (Lipinski definition) is 3. The van der Waals surface area contributed by atoms with Gasteiger partial charge in [0.25, 0.3) is 0 Å². The molecule has 15 heavy (non-hydrogen) atoms. The second kappa shape index (κ2) is 8.11. The Balaban J connectivity index is 0. The Bertz CT molecular complexity index is 302. The Morgan fingerprint density at radius 3 is 2.80 bits per heavy atom. The molecule has 0 spiro atoms. The average molecular weight is 268 g/mol. The summed E-state index contributed by atoms with van der Waals surface area (Å²) in [4.78, 5) is 0. The maximum Gasteiger partial charge on any atom is 1.00 e. The number of hydrogen-bond donors (Lipinski definition) is 1. The van der Waals surface area contributed by atoms with E-state index < -0.39 is 0 Å². The highest BCUT2D eigenvalue weighted by Gasteiger charge is 2.01. The Morgan fingerprint density at radius 1 is 1.53 bits per heavy atom. The largest absolute Gasteiger partial charge is 1.00 e. The minimum absolute atomic E-state index is 0. The molecular weight excluding hydrogens is 253 g/mol. The van der Waals surface area contributed by atoms with Crippen molar-refractivity contribution >= 4 is 23.4 Å². The predicted molar refractivity (Wildman–Crippen MR) is 64.3 cm³/mol. The third-order valence-corrected chi connectivity index (χ3v) is 3.10. The zero-order valence-electron chi connectivity index (χ0n) is 9.50. The van der Waals surface area contributed by atoms with E-state index in [1.807, 2.05) is 18.2 Å². The van der Waals surface area contributed by atoms with Gasteiger partial charge in [0, 0.05) is 18.1 Å². The molecule has 0 amide bonds. The molecule has 0 aromatic heterocycles. The minimum atomic E-state index is 0. The van der Waals surface area contributed by atoms with Crippen molar-refractivity contribution in [3.63, 3.8) is 0 Å². The summed E-state index contributed by atoms with van der Waals surface area (Å²) in [6, 6.07) is 5.85. The third-order valence-electron chi connectivity index (χ3n) is 1.75. The van der Waals surface area contributed by atoms with Gasteiger partial charge in [-0.2, -0.15) is 11.8 Å². The van der Waals surface area contributed by atoms with E-state index in [2.05, 4.69) is 0 Å². The van der Waals surface area contributed by atoms with Crippen molar-refractivity contribution in [3.8, 4) is 5.75 Å². The molecule has 1 rings (SSSR count). The van der Waals surface area contributed by atoms with E-state index in [1.54, 1.807) is 18.9 Å². The first-order chi connectivity index (χ1) is 6.77. The van der Waals surface area contributed by atoms with E-state index in [-0.39, 0.29) is 13.8 Å². The van der Waals surface area contributed by atoms with Gasteiger partial charge in [-0.05, 0) is 17.7 Å². The maximum atomic E-state index is 5.98. The van der Waals surface area contributed by atoms with E-state index in [0.29, 0.717) is 11.6 Å². The van der Waals surface area contributed by atoms with Crippen LogP contribution in [0.25, 0.3) is 0 Å². The van der Waals surface area contributed by atoms with Crippen LogP contribution in [0, 0.1) is 0 Å². The Labute approximate surface area is 107 Å². The molecule has 1 aromatic carbocycles. The summed E-state index contributed by atoms with van der Waals surface area (Å²) in [5, 5.41) is 0.665. The van der Waals surface area contributed by atoms with Crippen LogP contribution < -0.4 is 22.9 Å². The van der Waals surface area contributed by atoms with E-state index in [4.69, 9.17) is 22.1 Å². The van der Waals surface area contributed by atoms with Crippen molar-refractivity contribution in [2.24, 2.45) is 5.73 Å². The highest BCUT2D eigenvalue weighted by molar-refractivity contribution is 7.98. The lowest BCUT2D eigenvalue weighted by molar-refractivity contribution is -0.00000317. The van der Waals surface area contributed by atoms with Crippen LogP contribution in [0.2, 0.25) is 5.02 Å². The van der Waals surface area contributed by atoms with Crippen molar-refractivity contribution in [3.05, 3.63) is 28.8 Å². The van der Waals surface area contributed by atoms with Crippen LogP contribution in [0.5, 0.6) is 5.75 Å². The van der Waals surface area contributed by atoms with Crippen molar-refractivity contribution in [2.45, 2.75) is 5.75 Å². The normalized spacial score (nSPS) is 9.53. The Kier molecular flexibility index (Phi) is 8.06. The molecule has 0 aliphatic carbocycles. The smallest absolute Gasteiger partial charge is 1.00 e. The lowest BCUT2D eigenvalue weighted by Gasteiger charge is -2.05. The number of rotatable bonds is 5. The SMILES string of the molecule is COc1ccc(CSCCN)cc1Cl.[Cl-].[H+]. The molecule has 0 unspecified atom stereocenters. The van der Waals surface area contributed by atoms with Crippen LogP contribution in [0.15, 0.2) is 18.2 Å². The van der Waals surface area contributed by atoms with E-state index in [0.717, 1.165) is 17.3 Å². The molecule has 0 radical (unpaired) electrons. The van der Waals surface area contributed by atoms with E-state index in [1.165, 1.54) is 5.56 Å². The topological polar surface area (TPSA) is 35.2 Å². The molecule has 0 fully saturated rings. The summed E-state index contributed by atoms with van der Waals surface area (Å²) in [5.41, 5.74) is 6.60. The minimum Gasteiger partial charge on any atom is -1.00 e. The van der Waals surface area contributed by atoms with Gasteiger partial charge in [-0.3, -0.25) is 0 Å². The van der Waals surface area contributed by atoms with Gasteiger partial charge in [-0.25, -0.2) is 0 Å². The summed E-state index contributed by atoms with van der Waals surface area (Å²) in [6.45, 7) is 0.717. The fourth-order valence-electron chi connectivity index (χ4n) is 1.07. The Morgan fingerprint density at radius 2 is 2.27 bits per heavy atom. The van der Waals surface area contributed by atoms with Gasteiger partial charge in [-0.1, -0.05) is 17.7 Å². The van der Waals surface area contributed by atoms with Crippen LogP contribution >= 0.6 is 23.4 Å². The molecule has 5 heteroatoms. The van der Waals surface area contributed by atoms with Crippen LogP contribution in [0.3, 0.4) is 0 Å². The van der Waals surface area contributed by atoms with Crippen LogP contribution in [0.1, 0.15) is 6.99 Å². The highest BCUT2D eigenvalue weighted by Crippen LogP contribution is 2.26. The highest BCUT2D eigenvalue weighted by atomic mass is 35.5. The standard InChI is InChI=1S/C10H14ClNOS.ClH/c1-13-10-3-2-8(6-9(10)11)7-14-5-4-12;/h2-3,6H,4-5,7,12H2,1H3;1H. The van der Waals surface area contributed by atoms with Gasteiger partial charge in [0.05, 0.1) is 12.1 Å². The van der Waals surface area contributed by atoms with Gasteiger partial charge in [0.15, 0.2) is 0 Å². The van der Waals surface area contributed by atoms with Crippen molar-refractivity contribution < 1.29 is 18.6 Å². The number of thioether (sulfide) groups is 1.